The fourth-order valence-corrected chi connectivity index (χ4v) is 1.90. The molecular weight excluding hydrogens is 252 g/mol. The first kappa shape index (κ1) is 13.9. The number of carbonyl (C=O) groups is 1. The molecule has 0 radical (unpaired) electrons. The lowest BCUT2D eigenvalue weighted by Crippen LogP contribution is -2.18. The third-order valence-corrected chi connectivity index (χ3v) is 3.16. The molecule has 0 bridgehead atoms. The lowest BCUT2D eigenvalue weighted by molar-refractivity contribution is -0.117. The van der Waals surface area contributed by atoms with Crippen molar-refractivity contribution in [1.82, 2.24) is 0 Å². The van der Waals surface area contributed by atoms with Crippen LogP contribution < -0.4 is 15.8 Å². The first-order valence-electron chi connectivity index (χ1n) is 6.40. The van der Waals surface area contributed by atoms with Crippen LogP contribution >= 0.6 is 0 Å². The first-order chi connectivity index (χ1) is 9.60. The van der Waals surface area contributed by atoms with Crippen molar-refractivity contribution in [3.05, 3.63) is 54.1 Å². The highest BCUT2D eigenvalue weighted by atomic mass is 16.5. The van der Waals surface area contributed by atoms with E-state index in [4.69, 9.17) is 10.5 Å². The van der Waals surface area contributed by atoms with Gasteiger partial charge in [-0.3, -0.25) is 4.79 Å². The Kier molecular flexibility index (Phi) is 4.25. The fourth-order valence-electron chi connectivity index (χ4n) is 1.90. The van der Waals surface area contributed by atoms with E-state index in [-0.39, 0.29) is 11.8 Å². The summed E-state index contributed by atoms with van der Waals surface area (Å²) < 4.78 is 5.08. The molecule has 4 heteroatoms. The minimum absolute atomic E-state index is 0.0687. The van der Waals surface area contributed by atoms with E-state index in [0.29, 0.717) is 5.69 Å². The predicted octanol–water partition coefficient (Wildman–Crippen LogP) is 3.02. The second kappa shape index (κ2) is 6.10. The molecule has 4 nitrogen and oxygen atoms in total. The number of hydrogen-bond donors (Lipinski definition) is 2. The highest BCUT2D eigenvalue weighted by Crippen LogP contribution is 2.21. The third kappa shape index (κ3) is 3.29. The maximum atomic E-state index is 12.2. The summed E-state index contributed by atoms with van der Waals surface area (Å²) in [6.07, 6.45) is 0. The van der Waals surface area contributed by atoms with Gasteiger partial charge in [-0.15, -0.1) is 0 Å². The molecule has 1 amide bonds. The zero-order chi connectivity index (χ0) is 14.5. The van der Waals surface area contributed by atoms with Crippen LogP contribution in [-0.4, -0.2) is 13.0 Å². The number of hydrogen-bond acceptors (Lipinski definition) is 3. The maximum Gasteiger partial charge on any atom is 0.231 e. The number of nitrogen functional groups attached to an aromatic ring is 1. The topological polar surface area (TPSA) is 64.3 Å². The van der Waals surface area contributed by atoms with Gasteiger partial charge in [0.15, 0.2) is 0 Å². The van der Waals surface area contributed by atoms with E-state index < -0.39 is 0 Å². The molecule has 0 fully saturated rings. The summed E-state index contributed by atoms with van der Waals surface area (Å²) in [5, 5.41) is 2.88. The summed E-state index contributed by atoms with van der Waals surface area (Å²) in [5.74, 6) is 0.424. The molecule has 2 aromatic rings. The van der Waals surface area contributed by atoms with Crippen LogP contribution in [0.3, 0.4) is 0 Å². The molecule has 0 spiro atoms. The molecule has 0 aliphatic carbocycles. The summed E-state index contributed by atoms with van der Waals surface area (Å²) in [6.45, 7) is 1.85. The number of nitrogens with two attached hydrogens (primary N) is 1. The minimum atomic E-state index is -0.263. The number of rotatable bonds is 4. The van der Waals surface area contributed by atoms with E-state index in [2.05, 4.69) is 5.32 Å². The van der Waals surface area contributed by atoms with Crippen molar-refractivity contribution >= 4 is 17.3 Å². The molecule has 1 unspecified atom stereocenters. The van der Waals surface area contributed by atoms with Crippen molar-refractivity contribution in [2.45, 2.75) is 12.8 Å². The second-order valence-electron chi connectivity index (χ2n) is 4.61. The van der Waals surface area contributed by atoms with Gasteiger partial charge < -0.3 is 15.8 Å². The van der Waals surface area contributed by atoms with Crippen LogP contribution in [0.5, 0.6) is 5.75 Å². The highest BCUT2D eigenvalue weighted by Gasteiger charge is 2.15. The van der Waals surface area contributed by atoms with Crippen molar-refractivity contribution in [3.63, 3.8) is 0 Å². The minimum Gasteiger partial charge on any atom is -0.497 e. The van der Waals surface area contributed by atoms with Crippen molar-refractivity contribution in [3.8, 4) is 5.75 Å². The monoisotopic (exact) mass is 270 g/mol. The van der Waals surface area contributed by atoms with Gasteiger partial charge in [0.05, 0.1) is 13.0 Å². The van der Waals surface area contributed by atoms with Crippen molar-refractivity contribution < 1.29 is 9.53 Å². The summed E-state index contributed by atoms with van der Waals surface area (Å²) >= 11 is 0. The third-order valence-electron chi connectivity index (χ3n) is 3.16. The number of amides is 1. The predicted molar refractivity (Wildman–Crippen MR) is 80.9 cm³/mol. The van der Waals surface area contributed by atoms with Gasteiger partial charge in [-0.25, -0.2) is 0 Å². The van der Waals surface area contributed by atoms with Crippen molar-refractivity contribution in [1.29, 1.82) is 0 Å². The van der Waals surface area contributed by atoms with Crippen molar-refractivity contribution in [2.24, 2.45) is 0 Å². The van der Waals surface area contributed by atoms with E-state index in [1.807, 2.05) is 37.3 Å². The molecule has 0 aliphatic heterocycles. The molecule has 0 aliphatic rings. The van der Waals surface area contributed by atoms with Crippen LogP contribution in [-0.2, 0) is 4.79 Å². The van der Waals surface area contributed by atoms with Gasteiger partial charge in [0.1, 0.15) is 5.75 Å². The number of ether oxygens (including phenoxy) is 1. The number of benzene rings is 2. The maximum absolute atomic E-state index is 12.2. The van der Waals surface area contributed by atoms with E-state index >= 15 is 0 Å². The van der Waals surface area contributed by atoms with Crippen LogP contribution in [0.2, 0.25) is 0 Å². The van der Waals surface area contributed by atoms with E-state index in [1.54, 1.807) is 25.3 Å². The molecular formula is C16H18N2O2. The Hall–Kier alpha value is -2.49. The van der Waals surface area contributed by atoms with Crippen LogP contribution in [0.15, 0.2) is 48.5 Å². The highest BCUT2D eigenvalue weighted by molar-refractivity contribution is 5.95. The average Bonchev–Trinajstić information content (AvgIpc) is 2.47. The molecule has 1 atom stereocenters. The van der Waals surface area contributed by atoms with Gasteiger partial charge >= 0.3 is 0 Å². The Morgan fingerprint density at radius 2 is 1.90 bits per heavy atom. The number of carbonyl (C=O) groups excluding carboxylic acids is 1. The van der Waals surface area contributed by atoms with Gasteiger partial charge in [0.25, 0.3) is 0 Å². The Balaban J connectivity index is 2.07. The molecule has 2 aromatic carbocycles. The normalized spacial score (nSPS) is 11.7. The Labute approximate surface area is 118 Å². The molecule has 0 heterocycles. The summed E-state index contributed by atoms with van der Waals surface area (Å²) in [5.41, 5.74) is 8.04. The van der Waals surface area contributed by atoms with Gasteiger partial charge in [-0.1, -0.05) is 12.1 Å². The SMILES string of the molecule is COc1ccc(NC(=O)C(C)c2cccc(N)c2)cc1. The molecule has 20 heavy (non-hydrogen) atoms. The Bertz CT molecular complexity index is 594. The molecule has 0 aromatic heterocycles. The zero-order valence-electron chi connectivity index (χ0n) is 11.6. The van der Waals surface area contributed by atoms with E-state index in [9.17, 15) is 4.79 Å². The first-order valence-corrected chi connectivity index (χ1v) is 6.40. The largest absolute Gasteiger partial charge is 0.497 e. The zero-order valence-corrected chi connectivity index (χ0v) is 11.6. The molecule has 104 valence electrons. The summed E-state index contributed by atoms with van der Waals surface area (Å²) in [6, 6.07) is 14.6. The second-order valence-corrected chi connectivity index (χ2v) is 4.61. The molecule has 2 rings (SSSR count). The number of nitrogens with one attached hydrogen (secondary N) is 1. The number of anilines is 2. The lowest BCUT2D eigenvalue weighted by Gasteiger charge is -2.13. The van der Waals surface area contributed by atoms with Gasteiger partial charge in [-0.2, -0.15) is 0 Å². The van der Waals surface area contributed by atoms with Gasteiger partial charge in [0.2, 0.25) is 5.91 Å². The van der Waals surface area contributed by atoms with Gasteiger partial charge in [0, 0.05) is 11.4 Å². The van der Waals surface area contributed by atoms with E-state index in [1.165, 1.54) is 0 Å². The average molecular weight is 270 g/mol. The summed E-state index contributed by atoms with van der Waals surface area (Å²) in [7, 11) is 1.61. The van der Waals surface area contributed by atoms with Crippen LogP contribution in [0.25, 0.3) is 0 Å². The standard InChI is InChI=1S/C16H18N2O2/c1-11(12-4-3-5-13(17)10-12)16(19)18-14-6-8-15(20-2)9-7-14/h3-11H,17H2,1-2H3,(H,18,19). The lowest BCUT2D eigenvalue weighted by atomic mass is 10.00. The van der Waals surface area contributed by atoms with Crippen LogP contribution in [0, 0.1) is 0 Å². The fraction of sp³-hybridized carbons (Fsp3) is 0.188. The molecule has 3 N–H and O–H groups in total. The van der Waals surface area contributed by atoms with E-state index in [0.717, 1.165) is 17.0 Å². The quantitative estimate of drug-likeness (QED) is 0.839. The Morgan fingerprint density at radius 3 is 2.50 bits per heavy atom. The van der Waals surface area contributed by atoms with Crippen LogP contribution in [0.4, 0.5) is 11.4 Å². The van der Waals surface area contributed by atoms with Crippen molar-refractivity contribution in [2.75, 3.05) is 18.2 Å². The number of methoxy groups -OCH3 is 1. The summed E-state index contributed by atoms with van der Waals surface area (Å²) in [4.78, 5) is 12.2. The molecule has 0 saturated carbocycles. The Morgan fingerprint density at radius 1 is 1.20 bits per heavy atom. The smallest absolute Gasteiger partial charge is 0.231 e. The van der Waals surface area contributed by atoms with Gasteiger partial charge in [-0.05, 0) is 48.9 Å². The molecule has 0 saturated heterocycles. The van der Waals surface area contributed by atoms with Crippen LogP contribution in [0.1, 0.15) is 18.4 Å².